The number of carbonyl (C=O) groups is 2. The first-order chi connectivity index (χ1) is 10.6. The molecule has 7 heteroatoms. The van der Waals surface area contributed by atoms with Gasteiger partial charge in [-0.3, -0.25) is 14.7 Å². The first kappa shape index (κ1) is 18.3. The number of nitrogens with one attached hydrogen (secondary N) is 3. The zero-order chi connectivity index (χ0) is 16.4. The highest BCUT2D eigenvalue weighted by Gasteiger charge is 2.27. The molecule has 126 valence electrons. The summed E-state index contributed by atoms with van der Waals surface area (Å²) in [5, 5.41) is 9.05. The molecule has 0 bridgehead atoms. The minimum absolute atomic E-state index is 0.0926. The topological polar surface area (TPSA) is 85.8 Å². The van der Waals surface area contributed by atoms with E-state index in [-0.39, 0.29) is 18.5 Å². The van der Waals surface area contributed by atoms with Gasteiger partial charge in [0.05, 0.1) is 19.6 Å². The number of unbranched alkanes of at least 4 members (excludes halogenated alkanes) is 2. The van der Waals surface area contributed by atoms with Crippen LogP contribution in [0.3, 0.4) is 0 Å². The molecule has 1 aliphatic rings. The highest BCUT2D eigenvalue weighted by atomic mass is 16.2. The van der Waals surface area contributed by atoms with Crippen molar-refractivity contribution in [2.75, 3.05) is 26.2 Å². The Kier molecular flexibility index (Phi) is 8.32. The fraction of sp³-hybridized carbons (Fsp3) is 0.800. The zero-order valence-electron chi connectivity index (χ0n) is 13.9. The normalized spacial score (nSPS) is 16.7. The lowest BCUT2D eigenvalue weighted by Gasteiger charge is -2.18. The van der Waals surface area contributed by atoms with E-state index in [9.17, 15) is 9.59 Å². The van der Waals surface area contributed by atoms with E-state index < -0.39 is 0 Å². The Bertz CT molecular complexity index is 381. The number of urea groups is 1. The predicted octanol–water partition coefficient (Wildman–Crippen LogP) is 1.06. The Morgan fingerprint density at radius 1 is 1.36 bits per heavy atom. The van der Waals surface area contributed by atoms with Crippen molar-refractivity contribution in [1.82, 2.24) is 20.9 Å². The van der Waals surface area contributed by atoms with Gasteiger partial charge in [-0.1, -0.05) is 26.2 Å². The van der Waals surface area contributed by atoms with Crippen LogP contribution in [0.5, 0.6) is 0 Å². The number of imide groups is 1. The highest BCUT2D eigenvalue weighted by Crippen LogP contribution is 2.03. The number of aliphatic imine (C=N–C) groups is 1. The van der Waals surface area contributed by atoms with Crippen LogP contribution in [0.1, 0.15) is 46.5 Å². The van der Waals surface area contributed by atoms with Crippen molar-refractivity contribution in [3.63, 3.8) is 0 Å². The van der Waals surface area contributed by atoms with E-state index >= 15 is 0 Å². The zero-order valence-corrected chi connectivity index (χ0v) is 13.9. The van der Waals surface area contributed by atoms with Gasteiger partial charge in [-0.2, -0.15) is 0 Å². The van der Waals surface area contributed by atoms with Crippen molar-refractivity contribution in [3.05, 3.63) is 0 Å². The van der Waals surface area contributed by atoms with E-state index in [0.717, 1.165) is 18.9 Å². The molecule has 7 nitrogen and oxygen atoms in total. The third-order valence-electron chi connectivity index (χ3n) is 3.50. The van der Waals surface area contributed by atoms with Gasteiger partial charge in [0, 0.05) is 12.6 Å². The molecule has 1 saturated heterocycles. The van der Waals surface area contributed by atoms with Crippen molar-refractivity contribution >= 4 is 17.9 Å². The molecular weight excluding hydrogens is 282 g/mol. The van der Waals surface area contributed by atoms with Crippen LogP contribution in [-0.4, -0.2) is 55.0 Å². The summed E-state index contributed by atoms with van der Waals surface area (Å²) in [5.41, 5.74) is 0. The van der Waals surface area contributed by atoms with Crippen molar-refractivity contribution in [1.29, 1.82) is 0 Å². The molecule has 0 radical (unpaired) electrons. The third kappa shape index (κ3) is 6.32. The fourth-order valence-corrected chi connectivity index (χ4v) is 2.27. The lowest BCUT2D eigenvalue weighted by atomic mass is 10.1. The maximum absolute atomic E-state index is 11.5. The summed E-state index contributed by atoms with van der Waals surface area (Å²) in [6, 6.07) is 0.0205. The number of nitrogens with zero attached hydrogens (tertiary/aromatic N) is 2. The SMILES string of the molecule is CCCCCC(C)NC(=NCCN1C(=O)CNC1=O)NCC. The van der Waals surface area contributed by atoms with Gasteiger partial charge in [0.2, 0.25) is 5.91 Å². The molecule has 0 saturated carbocycles. The largest absolute Gasteiger partial charge is 0.357 e. The quantitative estimate of drug-likeness (QED) is 0.257. The van der Waals surface area contributed by atoms with Crippen LogP contribution in [0.25, 0.3) is 0 Å². The average Bonchev–Trinajstić information content (AvgIpc) is 2.79. The third-order valence-corrected chi connectivity index (χ3v) is 3.50. The molecule has 1 aliphatic heterocycles. The first-order valence-electron chi connectivity index (χ1n) is 8.21. The molecule has 1 heterocycles. The Morgan fingerprint density at radius 3 is 2.73 bits per heavy atom. The summed E-state index contributed by atoms with van der Waals surface area (Å²) < 4.78 is 0. The van der Waals surface area contributed by atoms with E-state index in [0.29, 0.717) is 19.1 Å². The molecule has 1 atom stereocenters. The minimum Gasteiger partial charge on any atom is -0.357 e. The van der Waals surface area contributed by atoms with Crippen LogP contribution in [0, 0.1) is 0 Å². The van der Waals surface area contributed by atoms with Gasteiger partial charge >= 0.3 is 6.03 Å². The lowest BCUT2D eigenvalue weighted by Crippen LogP contribution is -2.43. The van der Waals surface area contributed by atoms with Gasteiger partial charge in [-0.25, -0.2) is 4.79 Å². The van der Waals surface area contributed by atoms with E-state index in [1.165, 1.54) is 24.2 Å². The van der Waals surface area contributed by atoms with Gasteiger partial charge in [-0.05, 0) is 20.3 Å². The smallest absolute Gasteiger partial charge is 0.324 e. The van der Waals surface area contributed by atoms with Gasteiger partial charge in [0.1, 0.15) is 0 Å². The number of carbonyl (C=O) groups excluding carboxylic acids is 2. The van der Waals surface area contributed by atoms with Crippen LogP contribution in [0.4, 0.5) is 4.79 Å². The second kappa shape index (κ2) is 10.0. The summed E-state index contributed by atoms with van der Waals surface area (Å²) in [6.45, 7) is 7.92. The van der Waals surface area contributed by atoms with E-state index in [4.69, 9.17) is 0 Å². The lowest BCUT2D eigenvalue weighted by molar-refractivity contribution is -0.124. The van der Waals surface area contributed by atoms with Crippen LogP contribution >= 0.6 is 0 Å². The molecule has 0 aliphatic carbocycles. The molecule has 0 aromatic rings. The fourth-order valence-electron chi connectivity index (χ4n) is 2.27. The maximum Gasteiger partial charge on any atom is 0.324 e. The molecule has 0 spiro atoms. The van der Waals surface area contributed by atoms with Crippen molar-refractivity contribution in [3.8, 4) is 0 Å². The second-order valence-corrected chi connectivity index (χ2v) is 5.51. The Morgan fingerprint density at radius 2 is 2.14 bits per heavy atom. The molecule has 3 amide bonds. The number of rotatable bonds is 9. The summed E-state index contributed by atoms with van der Waals surface area (Å²) in [7, 11) is 0. The standard InChI is InChI=1S/C15H29N5O2/c1-4-6-7-8-12(3)19-14(16-5-2)17-9-10-20-13(21)11-18-15(20)22/h12H,4-11H2,1-3H3,(H,18,22)(H2,16,17,19). The minimum atomic E-state index is -0.328. The van der Waals surface area contributed by atoms with Crippen molar-refractivity contribution in [2.45, 2.75) is 52.5 Å². The van der Waals surface area contributed by atoms with Crippen molar-refractivity contribution in [2.24, 2.45) is 4.99 Å². The molecule has 22 heavy (non-hydrogen) atoms. The molecule has 0 aromatic carbocycles. The number of guanidine groups is 1. The van der Waals surface area contributed by atoms with Crippen LogP contribution in [0.15, 0.2) is 4.99 Å². The number of amides is 3. The van der Waals surface area contributed by atoms with Crippen LogP contribution in [-0.2, 0) is 4.79 Å². The first-order valence-corrected chi connectivity index (χ1v) is 8.21. The summed E-state index contributed by atoms with van der Waals surface area (Å²) in [5.74, 6) is 0.546. The monoisotopic (exact) mass is 311 g/mol. The maximum atomic E-state index is 11.5. The van der Waals surface area contributed by atoms with Crippen LogP contribution in [0.2, 0.25) is 0 Å². The molecule has 0 aromatic heterocycles. The predicted molar refractivity (Wildman–Crippen MR) is 87.8 cm³/mol. The van der Waals surface area contributed by atoms with E-state index in [1.807, 2.05) is 6.92 Å². The van der Waals surface area contributed by atoms with Gasteiger partial charge < -0.3 is 16.0 Å². The summed E-state index contributed by atoms with van der Waals surface area (Å²) >= 11 is 0. The molecular formula is C15H29N5O2. The van der Waals surface area contributed by atoms with E-state index in [2.05, 4.69) is 34.8 Å². The second-order valence-electron chi connectivity index (χ2n) is 5.51. The Labute approximate surface area is 132 Å². The van der Waals surface area contributed by atoms with Crippen LogP contribution < -0.4 is 16.0 Å². The Hall–Kier alpha value is -1.79. The van der Waals surface area contributed by atoms with Crippen molar-refractivity contribution < 1.29 is 9.59 Å². The van der Waals surface area contributed by atoms with Gasteiger partial charge in [0.25, 0.3) is 0 Å². The number of hydrogen-bond acceptors (Lipinski definition) is 3. The molecule has 1 rings (SSSR count). The highest BCUT2D eigenvalue weighted by molar-refractivity contribution is 6.01. The summed E-state index contributed by atoms with van der Waals surface area (Å²) in [6.07, 6.45) is 4.76. The van der Waals surface area contributed by atoms with Gasteiger partial charge in [-0.15, -0.1) is 0 Å². The van der Waals surface area contributed by atoms with Gasteiger partial charge in [0.15, 0.2) is 5.96 Å². The molecule has 1 unspecified atom stereocenters. The molecule has 3 N–H and O–H groups in total. The average molecular weight is 311 g/mol. The Balaban J connectivity index is 2.40. The van der Waals surface area contributed by atoms with E-state index in [1.54, 1.807) is 0 Å². The summed E-state index contributed by atoms with van der Waals surface area (Å²) in [4.78, 5) is 28.5. The molecule has 1 fully saturated rings. The number of hydrogen-bond donors (Lipinski definition) is 3.